The quantitative estimate of drug-likeness (QED) is 0.0415. The number of aliphatic hydroxyl groups excluding tert-OH is 1. The molecular weight excluding hydrogens is 1000 g/mol. The van der Waals surface area contributed by atoms with Crippen molar-refractivity contribution in [2.24, 2.45) is 51.6 Å². The van der Waals surface area contributed by atoms with E-state index < -0.39 is 29.3 Å². The molecule has 0 aliphatic heterocycles. The number of nitrogens with one attached hydrogen (secondary N) is 1. The maximum atomic E-state index is 15.3. The van der Waals surface area contributed by atoms with Gasteiger partial charge in [0.25, 0.3) is 0 Å². The van der Waals surface area contributed by atoms with Crippen LogP contribution in [0.15, 0.2) is 103 Å². The largest absolute Gasteiger partial charge is 0.508 e. The lowest BCUT2D eigenvalue weighted by atomic mass is 9.47. The highest BCUT2D eigenvalue weighted by atomic mass is 16.5. The van der Waals surface area contributed by atoms with Crippen LogP contribution >= 0.6 is 0 Å². The highest BCUT2D eigenvalue weighted by molar-refractivity contribution is 5.82. The zero-order valence-electron chi connectivity index (χ0n) is 45.6. The first-order valence-corrected chi connectivity index (χ1v) is 29.8. The highest BCUT2D eigenvalue weighted by Gasteiger charge is 2.71. The third kappa shape index (κ3) is 8.06. The minimum Gasteiger partial charge on any atom is -0.508 e. The van der Waals surface area contributed by atoms with Crippen molar-refractivity contribution in [1.82, 2.24) is 4.98 Å². The fourth-order valence-electron chi connectivity index (χ4n) is 20.0. The summed E-state index contributed by atoms with van der Waals surface area (Å²) < 4.78 is 12.3. The number of benzene rings is 5. The molecule has 5 aromatic carbocycles. The van der Waals surface area contributed by atoms with E-state index in [1.54, 1.807) is 54.6 Å². The number of aromatic hydroxyl groups is 6. The van der Waals surface area contributed by atoms with E-state index in [4.69, 9.17) is 15.2 Å². The zero-order chi connectivity index (χ0) is 54.9. The molecule has 418 valence electrons. The zero-order valence-corrected chi connectivity index (χ0v) is 45.6. The second-order valence-electron chi connectivity index (χ2n) is 26.5. The van der Waals surface area contributed by atoms with Gasteiger partial charge >= 0.3 is 0 Å². The summed E-state index contributed by atoms with van der Waals surface area (Å²) in [5.41, 5.74) is 15.1. The van der Waals surface area contributed by atoms with Crippen molar-refractivity contribution in [1.29, 1.82) is 0 Å². The number of aliphatic hydroxyl groups is 1. The number of ether oxygens (including phenoxy) is 2. The first kappa shape index (κ1) is 51.5. The molecule has 0 amide bonds. The average molecular weight is 1080 g/mol. The number of phenols is 6. The number of H-pyrrole nitrogens is 1. The maximum Gasteiger partial charge on any atom is 0.200 e. The average Bonchev–Trinajstić information content (AvgIpc) is 4.45. The smallest absolute Gasteiger partial charge is 0.200 e. The number of carbonyl (C=O) groups is 1. The molecule has 12 atom stereocenters. The molecule has 1 aromatic heterocycles. The van der Waals surface area contributed by atoms with Crippen LogP contribution in [0.1, 0.15) is 159 Å². The number of phenolic OH excluding ortho intramolecular Hbond substituents is 6. The van der Waals surface area contributed by atoms with Gasteiger partial charge in [-0.25, -0.2) is 0 Å². The minimum atomic E-state index is -1.10. The second kappa shape index (κ2) is 19.3. The molecule has 2 bridgehead atoms. The normalized spacial score (nSPS) is 32.1. The number of aromatic nitrogens is 1. The van der Waals surface area contributed by atoms with Gasteiger partial charge in [0.2, 0.25) is 5.75 Å². The standard InChI is InChI=1S/C68H76N2O10/c69-37-80-56-27-38(11-15-53(56)74)10-14-52(73)48-29-41(28-40-12-13-44(72)32-54(40)75)47-30-42-31-51(58(59(47)61(48)77)49-33-55(76)62(78)63(57(42)49)79-34-39-6-5-7-43(71)26-39)68-24-23-67(22-21-66(36-67)20-19-65(35-66)17-3-4-18-65)64(68)46-16-25-70-60(46)45-8-1-2-9-50(45)68/h1-2,5-9,11-13,15-16,25-27,32-33,41-42,47-48,51,58-59,61,64,70-72,74-78H,3-4,10,14,17-24,28-31,34-37,69H2. The molecule has 80 heavy (non-hydrogen) atoms. The third-order valence-electron chi connectivity index (χ3n) is 22.8. The van der Waals surface area contributed by atoms with Gasteiger partial charge < -0.3 is 50.2 Å². The summed E-state index contributed by atoms with van der Waals surface area (Å²) in [5.74, 6) is -2.54. The Morgan fingerprint density at radius 3 is 2.33 bits per heavy atom. The molecule has 12 heteroatoms. The van der Waals surface area contributed by atoms with Crippen molar-refractivity contribution in [2.45, 2.75) is 151 Å². The van der Waals surface area contributed by atoms with Gasteiger partial charge in [0, 0.05) is 52.8 Å². The molecule has 9 aliphatic rings. The van der Waals surface area contributed by atoms with E-state index >= 15 is 4.79 Å². The van der Waals surface area contributed by atoms with Gasteiger partial charge in [-0.2, -0.15) is 0 Å². The van der Waals surface area contributed by atoms with Crippen LogP contribution in [0.3, 0.4) is 0 Å². The van der Waals surface area contributed by atoms with Crippen LogP contribution in [0, 0.1) is 45.8 Å². The molecule has 6 fully saturated rings. The molecular formula is C68H76N2O10. The Hall–Kier alpha value is -6.63. The van der Waals surface area contributed by atoms with E-state index in [-0.39, 0.29) is 107 Å². The summed E-state index contributed by atoms with van der Waals surface area (Å²) in [6.07, 6.45) is 18.7. The van der Waals surface area contributed by atoms with Crippen LogP contribution in [-0.2, 0) is 29.7 Å². The summed E-state index contributed by atoms with van der Waals surface area (Å²) >= 11 is 0. The van der Waals surface area contributed by atoms with Gasteiger partial charge in [-0.15, -0.1) is 0 Å². The number of carbonyl (C=O) groups excluding carboxylic acids is 1. The Kier molecular flexibility index (Phi) is 12.4. The summed E-state index contributed by atoms with van der Waals surface area (Å²) in [5, 5.41) is 81.2. The lowest BCUT2D eigenvalue weighted by Gasteiger charge is -2.56. The summed E-state index contributed by atoms with van der Waals surface area (Å²) in [6.45, 7) is -0.0998. The van der Waals surface area contributed by atoms with E-state index in [1.807, 2.05) is 6.07 Å². The monoisotopic (exact) mass is 1080 g/mol. The molecule has 12 nitrogen and oxygen atoms in total. The Morgan fingerprint density at radius 2 is 1.50 bits per heavy atom. The minimum absolute atomic E-state index is 0.0234. The van der Waals surface area contributed by atoms with Crippen molar-refractivity contribution in [3.8, 4) is 57.3 Å². The first-order valence-electron chi connectivity index (χ1n) is 29.8. The van der Waals surface area contributed by atoms with Crippen molar-refractivity contribution in [3.63, 3.8) is 0 Å². The van der Waals surface area contributed by atoms with Crippen molar-refractivity contribution in [3.05, 3.63) is 142 Å². The molecule has 0 saturated heterocycles. The van der Waals surface area contributed by atoms with Gasteiger partial charge in [0.1, 0.15) is 36.4 Å². The lowest BCUT2D eigenvalue weighted by Crippen LogP contribution is -2.53. The predicted molar refractivity (Wildman–Crippen MR) is 303 cm³/mol. The number of aryl methyl sites for hydroxylation is 1. The summed E-state index contributed by atoms with van der Waals surface area (Å²) in [4.78, 5) is 19.1. The molecule has 6 saturated carbocycles. The fraction of sp³-hybridized carbons (Fsp3) is 0.485. The number of hydrogen-bond acceptors (Lipinski definition) is 11. The summed E-state index contributed by atoms with van der Waals surface area (Å²) in [7, 11) is 0. The molecule has 1 heterocycles. The SMILES string of the molecule is NCOc1cc(CCC(=O)C2CC(Cc3ccc(O)cc3O)C3CC4CC(C56CCC7(CCC8(CCC9(CCCC9)C8)C7)C5c5cc[nH]c5-c5ccccc56)C(c5cc(O)c(O)c(OCc6cccc(O)c6)c54)C3C2O)ccc1O. The Labute approximate surface area is 468 Å². The van der Waals surface area contributed by atoms with Gasteiger partial charge in [-0.3, -0.25) is 10.5 Å². The summed E-state index contributed by atoms with van der Waals surface area (Å²) in [6, 6.07) is 29.8. The first-order chi connectivity index (χ1) is 38.7. The van der Waals surface area contributed by atoms with Crippen LogP contribution in [0.2, 0.25) is 0 Å². The number of Topliss-reactive ketones (excluding diaryl/α,β-unsaturated/α-hetero) is 1. The molecule has 3 spiro atoms. The third-order valence-corrected chi connectivity index (χ3v) is 22.8. The molecule has 12 unspecified atom stereocenters. The molecule has 6 aromatic rings. The van der Waals surface area contributed by atoms with Gasteiger partial charge in [0.05, 0.1) is 6.10 Å². The molecule has 0 radical (unpaired) electrons. The number of rotatable bonds is 12. The van der Waals surface area contributed by atoms with Crippen molar-refractivity contribution < 1.29 is 50.0 Å². The van der Waals surface area contributed by atoms with Crippen LogP contribution in [0.5, 0.6) is 46.0 Å². The number of fused-ring (bicyclic) bond motifs is 9. The second-order valence-corrected chi connectivity index (χ2v) is 26.5. The van der Waals surface area contributed by atoms with Gasteiger partial charge in [-0.05, 0) is 224 Å². The van der Waals surface area contributed by atoms with Crippen molar-refractivity contribution >= 4 is 5.78 Å². The van der Waals surface area contributed by atoms with Crippen molar-refractivity contribution in [2.75, 3.05) is 6.73 Å². The number of aromatic amines is 1. The Morgan fingerprint density at radius 1 is 0.700 bits per heavy atom. The Balaban J connectivity index is 0.942. The number of nitrogens with two attached hydrogens (primary N) is 1. The molecule has 9 aliphatic carbocycles. The fourth-order valence-corrected chi connectivity index (χ4v) is 20.0. The number of hydrogen-bond donors (Lipinski definition) is 9. The molecule has 10 N–H and O–H groups in total. The van der Waals surface area contributed by atoms with Gasteiger partial charge in [-0.1, -0.05) is 61.4 Å². The van der Waals surface area contributed by atoms with E-state index in [2.05, 4.69) is 41.5 Å². The van der Waals surface area contributed by atoms with Crippen LogP contribution < -0.4 is 15.2 Å². The van der Waals surface area contributed by atoms with Crippen LogP contribution in [0.25, 0.3) is 11.3 Å². The maximum absolute atomic E-state index is 15.3. The highest BCUT2D eigenvalue weighted by Crippen LogP contribution is 2.80. The number of ketones is 1. The van der Waals surface area contributed by atoms with E-state index in [0.717, 1.165) is 36.0 Å². The lowest BCUT2D eigenvalue weighted by molar-refractivity contribution is -0.136. The van der Waals surface area contributed by atoms with Crippen LogP contribution in [0.4, 0.5) is 0 Å². The van der Waals surface area contributed by atoms with E-state index in [1.165, 1.54) is 92.7 Å². The van der Waals surface area contributed by atoms with E-state index in [0.29, 0.717) is 47.6 Å². The van der Waals surface area contributed by atoms with E-state index in [9.17, 15) is 35.7 Å². The topological polar surface area (TPSA) is 219 Å². The predicted octanol–water partition coefficient (Wildman–Crippen LogP) is 12.8. The molecule has 15 rings (SSSR count). The Bertz CT molecular complexity index is 3400. The van der Waals surface area contributed by atoms with Crippen LogP contribution in [-0.4, -0.2) is 59.3 Å². The van der Waals surface area contributed by atoms with Gasteiger partial charge in [0.15, 0.2) is 23.0 Å².